The van der Waals surface area contributed by atoms with Crippen LogP contribution >= 0.6 is 17.9 Å². The van der Waals surface area contributed by atoms with Crippen LogP contribution in [0.3, 0.4) is 0 Å². The van der Waals surface area contributed by atoms with Gasteiger partial charge in [-0.15, -0.1) is 0 Å². The standard InChI is InChI=1S/C3H8N.C2H5.2CH4S.Sn/c1-2-3-4;3*1-2;/h1-4H2;1H2,2H3;2*2H,1H3;/q;;;;+2/p-2. The molecule has 0 rings (SSSR count). The first-order valence-electron chi connectivity index (χ1n) is 4.05. The van der Waals surface area contributed by atoms with Crippen LogP contribution in [0.5, 0.6) is 0 Å². The van der Waals surface area contributed by atoms with Crippen LogP contribution in [0.15, 0.2) is 0 Å². The van der Waals surface area contributed by atoms with Gasteiger partial charge >= 0.3 is 80.5 Å². The predicted molar refractivity (Wildman–Crippen MR) is 61.7 cm³/mol. The van der Waals surface area contributed by atoms with Gasteiger partial charge in [-0.25, -0.2) is 0 Å². The van der Waals surface area contributed by atoms with Gasteiger partial charge in [-0.05, 0) is 0 Å². The Morgan fingerprint density at radius 3 is 2.09 bits per heavy atom. The number of hydrogen-bond acceptors (Lipinski definition) is 3. The summed E-state index contributed by atoms with van der Waals surface area (Å²) in [6.07, 6.45) is 5.81. The van der Waals surface area contributed by atoms with E-state index in [1.54, 1.807) is 0 Å². The monoisotopic (exact) mass is 301 g/mol. The zero-order chi connectivity index (χ0) is 8.74. The first kappa shape index (κ1) is 12.5. The molecule has 11 heavy (non-hydrogen) atoms. The second-order valence-corrected chi connectivity index (χ2v) is 31.2. The molecule has 68 valence electrons. The summed E-state index contributed by atoms with van der Waals surface area (Å²) < 4.78 is 2.89. The molecular formula is C7H19NS2Sn. The summed E-state index contributed by atoms with van der Waals surface area (Å²) in [5.74, 6) is 0. The summed E-state index contributed by atoms with van der Waals surface area (Å²) in [5.41, 5.74) is 5.51. The molecule has 0 fully saturated rings. The third-order valence-electron chi connectivity index (χ3n) is 2.04. The van der Waals surface area contributed by atoms with Gasteiger partial charge in [0.25, 0.3) is 0 Å². The molecule has 0 bridgehead atoms. The van der Waals surface area contributed by atoms with Crippen LogP contribution in [0, 0.1) is 0 Å². The fourth-order valence-corrected chi connectivity index (χ4v) is 20.6. The third-order valence-corrected chi connectivity index (χ3v) is 35.9. The Morgan fingerprint density at radius 2 is 1.82 bits per heavy atom. The molecule has 0 unspecified atom stereocenters. The van der Waals surface area contributed by atoms with Gasteiger partial charge in [0.15, 0.2) is 0 Å². The molecule has 0 aliphatic rings. The Balaban J connectivity index is 3.84. The number of hydrogen-bond donors (Lipinski definition) is 1. The third kappa shape index (κ3) is 4.29. The van der Waals surface area contributed by atoms with Crippen molar-refractivity contribution in [3.63, 3.8) is 0 Å². The van der Waals surface area contributed by atoms with E-state index >= 15 is 0 Å². The van der Waals surface area contributed by atoms with Gasteiger partial charge in [-0.1, -0.05) is 0 Å². The van der Waals surface area contributed by atoms with E-state index in [2.05, 4.69) is 37.3 Å². The van der Waals surface area contributed by atoms with Crippen molar-refractivity contribution in [1.29, 1.82) is 0 Å². The van der Waals surface area contributed by atoms with Crippen molar-refractivity contribution in [3.8, 4) is 0 Å². The van der Waals surface area contributed by atoms with E-state index in [1.165, 1.54) is 15.3 Å². The van der Waals surface area contributed by atoms with Gasteiger partial charge in [0, 0.05) is 0 Å². The molecule has 0 amide bonds. The molecule has 0 aliphatic carbocycles. The molecule has 0 aromatic heterocycles. The van der Waals surface area contributed by atoms with Gasteiger partial charge in [-0.2, -0.15) is 0 Å². The Kier molecular flexibility index (Phi) is 7.84. The van der Waals surface area contributed by atoms with E-state index < -0.39 is 15.6 Å². The summed E-state index contributed by atoms with van der Waals surface area (Å²) in [6.45, 7) is 3.22. The minimum atomic E-state index is -1.71. The molecule has 0 saturated carbocycles. The Hall–Kier alpha value is 1.46. The molecule has 0 spiro atoms. The molecule has 0 saturated heterocycles. The number of nitrogens with two attached hydrogens (primary N) is 1. The summed E-state index contributed by atoms with van der Waals surface area (Å²) >= 11 is -1.71. The first-order valence-corrected chi connectivity index (χ1v) is 17.5. The summed E-state index contributed by atoms with van der Waals surface area (Å²) in [5, 5.41) is 0. The van der Waals surface area contributed by atoms with Gasteiger partial charge in [-0.3, -0.25) is 0 Å². The average molecular weight is 300 g/mol. The average Bonchev–Trinajstić information content (AvgIpc) is 2.08. The molecule has 0 atom stereocenters. The van der Waals surface area contributed by atoms with Gasteiger partial charge in [0.2, 0.25) is 0 Å². The first-order chi connectivity index (χ1) is 5.24. The number of rotatable bonds is 6. The Morgan fingerprint density at radius 1 is 1.27 bits per heavy atom. The van der Waals surface area contributed by atoms with Crippen LogP contribution in [0.4, 0.5) is 0 Å². The van der Waals surface area contributed by atoms with Crippen LogP contribution in [0.2, 0.25) is 8.87 Å². The van der Waals surface area contributed by atoms with Crippen molar-refractivity contribution >= 4 is 33.5 Å². The molecule has 4 heteroatoms. The van der Waals surface area contributed by atoms with Crippen molar-refractivity contribution in [2.24, 2.45) is 5.73 Å². The van der Waals surface area contributed by atoms with E-state index in [4.69, 9.17) is 5.73 Å². The molecule has 0 heterocycles. The molecule has 1 nitrogen and oxygen atoms in total. The van der Waals surface area contributed by atoms with Crippen LogP contribution in [0.1, 0.15) is 13.3 Å². The fourth-order valence-electron chi connectivity index (χ4n) is 1.12. The van der Waals surface area contributed by atoms with Crippen molar-refractivity contribution in [3.05, 3.63) is 0 Å². The van der Waals surface area contributed by atoms with Crippen molar-refractivity contribution in [2.75, 3.05) is 19.1 Å². The predicted octanol–water partition coefficient (Wildman–Crippen LogP) is 2.52. The maximum absolute atomic E-state index is 5.51. The van der Waals surface area contributed by atoms with E-state index in [9.17, 15) is 0 Å². The van der Waals surface area contributed by atoms with Crippen LogP contribution < -0.4 is 5.73 Å². The molecule has 0 radical (unpaired) electrons. The fraction of sp³-hybridized carbons (Fsp3) is 1.00. The zero-order valence-electron chi connectivity index (χ0n) is 7.72. The van der Waals surface area contributed by atoms with E-state index in [-0.39, 0.29) is 0 Å². The van der Waals surface area contributed by atoms with Gasteiger partial charge < -0.3 is 0 Å². The topological polar surface area (TPSA) is 26.0 Å². The second kappa shape index (κ2) is 6.92. The summed E-state index contributed by atoms with van der Waals surface area (Å²) in [7, 11) is 4.35. The molecule has 0 aromatic carbocycles. The van der Waals surface area contributed by atoms with E-state index in [0.29, 0.717) is 0 Å². The quantitative estimate of drug-likeness (QED) is 0.763. The summed E-state index contributed by atoms with van der Waals surface area (Å²) in [4.78, 5) is 0. The second-order valence-electron chi connectivity index (χ2n) is 2.56. The van der Waals surface area contributed by atoms with E-state index in [1.807, 2.05) is 0 Å². The molecule has 0 aliphatic heterocycles. The Bertz CT molecular complexity index is 88.2. The van der Waals surface area contributed by atoms with Crippen LogP contribution in [0.25, 0.3) is 0 Å². The minimum absolute atomic E-state index is 0.875. The maximum atomic E-state index is 5.51. The van der Waals surface area contributed by atoms with Crippen LogP contribution in [-0.4, -0.2) is 34.7 Å². The zero-order valence-corrected chi connectivity index (χ0v) is 12.2. The van der Waals surface area contributed by atoms with Crippen LogP contribution in [-0.2, 0) is 0 Å². The SMILES string of the molecule is C[CH2][Sn]([CH2]CCN)([S]C)[S]C. The van der Waals surface area contributed by atoms with E-state index in [0.717, 1.165) is 6.54 Å². The van der Waals surface area contributed by atoms with Crippen molar-refractivity contribution < 1.29 is 0 Å². The molecule has 0 aromatic rings. The normalized spacial score (nSPS) is 12.0. The Labute approximate surface area is 80.0 Å². The summed E-state index contributed by atoms with van der Waals surface area (Å²) in [6, 6.07) is 0. The van der Waals surface area contributed by atoms with Crippen molar-refractivity contribution in [1.82, 2.24) is 0 Å². The van der Waals surface area contributed by atoms with Gasteiger partial charge in [0.05, 0.1) is 0 Å². The van der Waals surface area contributed by atoms with Crippen molar-refractivity contribution in [2.45, 2.75) is 22.2 Å². The van der Waals surface area contributed by atoms with Gasteiger partial charge in [0.1, 0.15) is 0 Å². The molecular weight excluding hydrogens is 281 g/mol. The molecule has 2 N–H and O–H groups in total.